The van der Waals surface area contributed by atoms with Gasteiger partial charge in [-0.25, -0.2) is 14.4 Å². The van der Waals surface area contributed by atoms with E-state index in [1.54, 1.807) is 20.8 Å². The fourth-order valence-corrected chi connectivity index (χ4v) is 4.08. The van der Waals surface area contributed by atoms with Gasteiger partial charge in [0.05, 0.1) is 0 Å². The molecular weight excluding hydrogens is 436 g/mol. The summed E-state index contributed by atoms with van der Waals surface area (Å²) in [5.74, 6) is -1.16. The number of amides is 2. The van der Waals surface area contributed by atoms with Crippen molar-refractivity contribution in [1.82, 2.24) is 10.2 Å². The SMILES string of the molecule is CN(C(=O)OC(C)(C)C)[C@H](CCCNC(=O)OCC1c2ccccc2-c2ccccc21)C(=O)O. The van der Waals surface area contributed by atoms with E-state index in [2.05, 4.69) is 29.6 Å². The zero-order valence-electron chi connectivity index (χ0n) is 20.0. The molecule has 0 saturated heterocycles. The topological polar surface area (TPSA) is 105 Å². The Bertz CT molecular complexity index is 1000. The van der Waals surface area contributed by atoms with Crippen LogP contribution < -0.4 is 5.32 Å². The van der Waals surface area contributed by atoms with Gasteiger partial charge in [0.25, 0.3) is 0 Å². The molecule has 2 amide bonds. The summed E-state index contributed by atoms with van der Waals surface area (Å²) in [5, 5.41) is 12.2. The molecule has 1 aliphatic rings. The molecule has 182 valence electrons. The highest BCUT2D eigenvalue weighted by molar-refractivity contribution is 5.80. The van der Waals surface area contributed by atoms with Crippen LogP contribution in [0.4, 0.5) is 9.59 Å². The third-order valence-electron chi connectivity index (χ3n) is 5.70. The lowest BCUT2D eigenvalue weighted by molar-refractivity contribution is -0.142. The normalized spacial score (nSPS) is 13.4. The van der Waals surface area contributed by atoms with Crippen LogP contribution in [0.2, 0.25) is 0 Å². The van der Waals surface area contributed by atoms with E-state index < -0.39 is 29.8 Å². The lowest BCUT2D eigenvalue weighted by Gasteiger charge is -2.28. The molecule has 0 radical (unpaired) electrons. The minimum Gasteiger partial charge on any atom is -0.480 e. The maximum absolute atomic E-state index is 12.3. The summed E-state index contributed by atoms with van der Waals surface area (Å²) >= 11 is 0. The summed E-state index contributed by atoms with van der Waals surface area (Å²) < 4.78 is 10.7. The van der Waals surface area contributed by atoms with Gasteiger partial charge in [-0.2, -0.15) is 0 Å². The second-order valence-corrected chi connectivity index (χ2v) is 9.34. The minimum absolute atomic E-state index is 0.0305. The van der Waals surface area contributed by atoms with E-state index in [4.69, 9.17) is 9.47 Å². The first kappa shape index (κ1) is 25.1. The Labute approximate surface area is 199 Å². The number of nitrogens with one attached hydrogen (secondary N) is 1. The number of hydrogen-bond donors (Lipinski definition) is 2. The zero-order chi connectivity index (χ0) is 24.9. The van der Waals surface area contributed by atoms with Gasteiger partial charge in [0, 0.05) is 19.5 Å². The van der Waals surface area contributed by atoms with Crippen LogP contribution in [0.1, 0.15) is 50.7 Å². The molecule has 0 aliphatic heterocycles. The van der Waals surface area contributed by atoms with Crippen molar-refractivity contribution in [2.45, 2.75) is 51.2 Å². The molecule has 8 heteroatoms. The van der Waals surface area contributed by atoms with Crippen LogP contribution in [0.3, 0.4) is 0 Å². The molecular formula is C26H32N2O6. The number of alkyl carbamates (subject to hydrolysis) is 1. The van der Waals surface area contributed by atoms with Gasteiger partial charge in [0.2, 0.25) is 0 Å². The average Bonchev–Trinajstić information content (AvgIpc) is 3.09. The first-order valence-electron chi connectivity index (χ1n) is 11.4. The van der Waals surface area contributed by atoms with Crippen LogP contribution in [0.5, 0.6) is 0 Å². The van der Waals surface area contributed by atoms with Gasteiger partial charge in [0.15, 0.2) is 0 Å². The van der Waals surface area contributed by atoms with E-state index in [0.29, 0.717) is 6.42 Å². The summed E-state index contributed by atoms with van der Waals surface area (Å²) in [4.78, 5) is 37.1. The van der Waals surface area contributed by atoms with E-state index >= 15 is 0 Å². The Balaban J connectivity index is 1.47. The standard InChI is InChI=1S/C26H32N2O6/c1-26(2,3)34-25(32)28(4)22(23(29)30)14-9-15-27-24(31)33-16-21-19-12-7-5-10-17(19)18-11-6-8-13-20(18)21/h5-8,10-13,21-22H,9,14-16H2,1-4H3,(H,27,31)(H,29,30)/t22-/m1/s1. The molecule has 3 rings (SSSR count). The van der Waals surface area contributed by atoms with Crippen LogP contribution in [0.25, 0.3) is 11.1 Å². The van der Waals surface area contributed by atoms with Crippen LogP contribution in [-0.2, 0) is 14.3 Å². The van der Waals surface area contributed by atoms with Gasteiger partial charge in [-0.15, -0.1) is 0 Å². The molecule has 0 saturated carbocycles. The highest BCUT2D eigenvalue weighted by Gasteiger charge is 2.30. The fraction of sp³-hybridized carbons (Fsp3) is 0.423. The highest BCUT2D eigenvalue weighted by atomic mass is 16.6. The van der Waals surface area contributed by atoms with E-state index in [1.807, 2.05) is 24.3 Å². The molecule has 1 aliphatic carbocycles. The van der Waals surface area contributed by atoms with Gasteiger partial charge < -0.3 is 19.9 Å². The van der Waals surface area contributed by atoms with Crippen molar-refractivity contribution in [3.63, 3.8) is 0 Å². The van der Waals surface area contributed by atoms with Crippen LogP contribution in [0, 0.1) is 0 Å². The zero-order valence-corrected chi connectivity index (χ0v) is 20.0. The van der Waals surface area contributed by atoms with Crippen molar-refractivity contribution in [2.75, 3.05) is 20.2 Å². The molecule has 0 heterocycles. The number of fused-ring (bicyclic) bond motifs is 3. The Morgan fingerprint density at radius 1 is 1.03 bits per heavy atom. The van der Waals surface area contributed by atoms with Crippen molar-refractivity contribution in [3.05, 3.63) is 59.7 Å². The van der Waals surface area contributed by atoms with E-state index in [-0.39, 0.29) is 25.5 Å². The number of hydrogen-bond acceptors (Lipinski definition) is 5. The number of carboxylic acid groups (broad SMARTS) is 1. The Morgan fingerprint density at radius 3 is 2.12 bits per heavy atom. The van der Waals surface area contributed by atoms with Crippen molar-refractivity contribution < 1.29 is 29.0 Å². The van der Waals surface area contributed by atoms with E-state index in [1.165, 1.54) is 7.05 Å². The molecule has 1 atom stereocenters. The Morgan fingerprint density at radius 2 is 1.59 bits per heavy atom. The molecule has 0 bridgehead atoms. The predicted octanol–water partition coefficient (Wildman–Crippen LogP) is 4.63. The number of carboxylic acids is 1. The number of rotatable bonds is 8. The number of carbonyl (C=O) groups is 3. The smallest absolute Gasteiger partial charge is 0.410 e. The number of carbonyl (C=O) groups excluding carboxylic acids is 2. The maximum atomic E-state index is 12.3. The molecule has 0 unspecified atom stereocenters. The van der Waals surface area contributed by atoms with Crippen molar-refractivity contribution in [3.8, 4) is 11.1 Å². The second kappa shape index (κ2) is 10.6. The molecule has 2 aromatic rings. The molecule has 2 N–H and O–H groups in total. The predicted molar refractivity (Wildman–Crippen MR) is 128 cm³/mol. The van der Waals surface area contributed by atoms with Gasteiger partial charge in [-0.1, -0.05) is 48.5 Å². The van der Waals surface area contributed by atoms with Gasteiger partial charge in [-0.3, -0.25) is 4.90 Å². The molecule has 8 nitrogen and oxygen atoms in total. The second-order valence-electron chi connectivity index (χ2n) is 9.34. The summed E-state index contributed by atoms with van der Waals surface area (Å²) in [6.45, 7) is 5.58. The lowest BCUT2D eigenvalue weighted by Crippen LogP contribution is -2.45. The monoisotopic (exact) mass is 468 g/mol. The quantitative estimate of drug-likeness (QED) is 0.548. The molecule has 0 spiro atoms. The summed E-state index contributed by atoms with van der Waals surface area (Å²) in [5.41, 5.74) is 3.85. The largest absolute Gasteiger partial charge is 0.480 e. The maximum Gasteiger partial charge on any atom is 0.410 e. The average molecular weight is 469 g/mol. The molecule has 0 aromatic heterocycles. The lowest BCUT2D eigenvalue weighted by atomic mass is 9.98. The van der Waals surface area contributed by atoms with Crippen LogP contribution in [-0.4, -0.2) is 60.0 Å². The Hall–Kier alpha value is -3.55. The number of aliphatic carboxylic acids is 1. The van der Waals surface area contributed by atoms with Gasteiger partial charge >= 0.3 is 18.2 Å². The number of benzene rings is 2. The number of likely N-dealkylation sites (N-methyl/N-ethyl adjacent to an activating group) is 1. The van der Waals surface area contributed by atoms with E-state index in [0.717, 1.165) is 27.2 Å². The third kappa shape index (κ3) is 6.07. The highest BCUT2D eigenvalue weighted by Crippen LogP contribution is 2.44. The molecule has 34 heavy (non-hydrogen) atoms. The minimum atomic E-state index is -1.13. The number of nitrogens with zero attached hydrogens (tertiary/aromatic N) is 1. The fourth-order valence-electron chi connectivity index (χ4n) is 4.08. The van der Waals surface area contributed by atoms with Gasteiger partial charge in [0.1, 0.15) is 18.2 Å². The molecule has 2 aromatic carbocycles. The van der Waals surface area contributed by atoms with Crippen molar-refractivity contribution >= 4 is 18.2 Å². The molecule has 0 fully saturated rings. The first-order chi connectivity index (χ1) is 16.1. The van der Waals surface area contributed by atoms with Crippen molar-refractivity contribution in [1.29, 1.82) is 0 Å². The van der Waals surface area contributed by atoms with E-state index in [9.17, 15) is 19.5 Å². The summed E-state index contributed by atoms with van der Waals surface area (Å²) in [6.07, 6.45) is -0.748. The summed E-state index contributed by atoms with van der Waals surface area (Å²) in [7, 11) is 1.39. The first-order valence-corrected chi connectivity index (χ1v) is 11.4. The van der Waals surface area contributed by atoms with Crippen LogP contribution in [0.15, 0.2) is 48.5 Å². The van der Waals surface area contributed by atoms with Gasteiger partial charge in [-0.05, 0) is 55.9 Å². The summed E-state index contributed by atoms with van der Waals surface area (Å²) in [6, 6.07) is 15.1. The number of ether oxygens (including phenoxy) is 2. The van der Waals surface area contributed by atoms with Crippen molar-refractivity contribution in [2.24, 2.45) is 0 Å². The Kier molecular flexibility index (Phi) is 7.81. The van der Waals surface area contributed by atoms with Crippen LogP contribution >= 0.6 is 0 Å². The third-order valence-corrected chi connectivity index (χ3v) is 5.70.